The monoisotopic (exact) mass is 251 g/mol. The molecule has 1 fully saturated rings. The van der Waals surface area contributed by atoms with Crippen molar-refractivity contribution in [3.05, 3.63) is 11.8 Å². The van der Waals surface area contributed by atoms with Gasteiger partial charge in [-0.3, -0.25) is 0 Å². The summed E-state index contributed by atoms with van der Waals surface area (Å²) in [7, 11) is 0. The second kappa shape index (κ2) is 6.88. The summed E-state index contributed by atoms with van der Waals surface area (Å²) in [5.74, 6) is 2.29. The van der Waals surface area contributed by atoms with Crippen molar-refractivity contribution in [1.29, 1.82) is 0 Å². The van der Waals surface area contributed by atoms with E-state index in [4.69, 9.17) is 4.42 Å². The molecule has 4 heteroatoms. The van der Waals surface area contributed by atoms with Gasteiger partial charge in [-0.15, -0.1) is 10.2 Å². The summed E-state index contributed by atoms with van der Waals surface area (Å²) in [5.41, 5.74) is 0. The van der Waals surface area contributed by atoms with Crippen LogP contribution in [-0.4, -0.2) is 16.2 Å². The van der Waals surface area contributed by atoms with Crippen molar-refractivity contribution in [1.82, 2.24) is 15.5 Å². The Hall–Kier alpha value is -0.900. The van der Waals surface area contributed by atoms with Crippen molar-refractivity contribution in [2.24, 2.45) is 5.92 Å². The lowest BCUT2D eigenvalue weighted by atomic mass is 9.97. The smallest absolute Gasteiger partial charge is 0.230 e. The summed E-state index contributed by atoms with van der Waals surface area (Å²) in [4.78, 5) is 0. The van der Waals surface area contributed by atoms with Crippen molar-refractivity contribution >= 4 is 0 Å². The Morgan fingerprint density at radius 1 is 1.11 bits per heavy atom. The van der Waals surface area contributed by atoms with Crippen LogP contribution in [0.15, 0.2) is 4.42 Å². The second-order valence-electron chi connectivity index (χ2n) is 5.69. The lowest BCUT2D eigenvalue weighted by Gasteiger charge is -2.10. The highest BCUT2D eigenvalue weighted by Gasteiger charge is 2.16. The lowest BCUT2D eigenvalue weighted by Crippen LogP contribution is -2.21. The van der Waals surface area contributed by atoms with Crippen molar-refractivity contribution in [2.45, 2.75) is 71.4 Å². The van der Waals surface area contributed by atoms with Crippen LogP contribution in [0.3, 0.4) is 0 Å². The summed E-state index contributed by atoms with van der Waals surface area (Å²) < 4.78 is 5.69. The van der Waals surface area contributed by atoms with Crippen LogP contribution in [0.1, 0.15) is 64.2 Å². The van der Waals surface area contributed by atoms with Gasteiger partial charge in [0, 0.05) is 12.5 Å². The molecule has 0 aliphatic heterocycles. The SMILES string of the molecule is CC(C)NCc1nnc(CC2CCCCCC2)o1. The molecule has 1 saturated carbocycles. The van der Waals surface area contributed by atoms with E-state index in [1.54, 1.807) is 0 Å². The molecule has 4 nitrogen and oxygen atoms in total. The largest absolute Gasteiger partial charge is 0.424 e. The first-order valence-corrected chi connectivity index (χ1v) is 7.28. The Morgan fingerprint density at radius 2 is 1.78 bits per heavy atom. The fraction of sp³-hybridized carbons (Fsp3) is 0.857. The molecule has 2 rings (SSSR count). The number of rotatable bonds is 5. The first-order chi connectivity index (χ1) is 8.74. The van der Waals surface area contributed by atoms with E-state index in [1.807, 2.05) is 0 Å². The molecule has 1 aromatic rings. The Labute approximate surface area is 110 Å². The summed E-state index contributed by atoms with van der Waals surface area (Å²) in [6.07, 6.45) is 9.12. The van der Waals surface area contributed by atoms with Crippen LogP contribution >= 0.6 is 0 Å². The zero-order chi connectivity index (χ0) is 12.8. The van der Waals surface area contributed by atoms with Crippen LogP contribution in [0, 0.1) is 5.92 Å². The van der Waals surface area contributed by atoms with Crippen LogP contribution in [0.2, 0.25) is 0 Å². The standard InChI is InChI=1S/C14H25N3O/c1-11(2)15-10-14-17-16-13(18-14)9-12-7-5-3-4-6-8-12/h11-12,15H,3-10H2,1-2H3. The molecule has 18 heavy (non-hydrogen) atoms. The maximum absolute atomic E-state index is 5.69. The highest BCUT2D eigenvalue weighted by molar-refractivity contribution is 4.85. The van der Waals surface area contributed by atoms with E-state index in [0.29, 0.717) is 18.5 Å². The molecule has 102 valence electrons. The molecular weight excluding hydrogens is 226 g/mol. The molecule has 1 aliphatic rings. The summed E-state index contributed by atoms with van der Waals surface area (Å²) in [6, 6.07) is 0.446. The van der Waals surface area contributed by atoms with E-state index in [0.717, 1.165) is 18.2 Å². The molecule has 1 aliphatic carbocycles. The van der Waals surface area contributed by atoms with Gasteiger partial charge in [0.15, 0.2) is 0 Å². The maximum Gasteiger partial charge on any atom is 0.230 e. The van der Waals surface area contributed by atoms with E-state index < -0.39 is 0 Å². The molecule has 0 aromatic carbocycles. The molecule has 0 spiro atoms. The highest BCUT2D eigenvalue weighted by atomic mass is 16.4. The maximum atomic E-state index is 5.69. The van der Waals surface area contributed by atoms with Crippen LogP contribution in [0.25, 0.3) is 0 Å². The topological polar surface area (TPSA) is 51.0 Å². The molecule has 0 bridgehead atoms. The van der Waals surface area contributed by atoms with Gasteiger partial charge in [0.25, 0.3) is 0 Å². The quantitative estimate of drug-likeness (QED) is 0.817. The van der Waals surface area contributed by atoms with Gasteiger partial charge < -0.3 is 9.73 Å². The number of hydrogen-bond donors (Lipinski definition) is 1. The fourth-order valence-corrected chi connectivity index (χ4v) is 2.55. The third kappa shape index (κ3) is 4.41. The van der Waals surface area contributed by atoms with E-state index in [1.165, 1.54) is 38.5 Å². The van der Waals surface area contributed by atoms with Gasteiger partial charge in [0.2, 0.25) is 11.8 Å². The lowest BCUT2D eigenvalue weighted by molar-refractivity contribution is 0.371. The van der Waals surface area contributed by atoms with E-state index in [9.17, 15) is 0 Å². The third-order valence-electron chi connectivity index (χ3n) is 3.61. The van der Waals surface area contributed by atoms with Crippen LogP contribution < -0.4 is 5.32 Å². The van der Waals surface area contributed by atoms with Crippen LogP contribution in [0.4, 0.5) is 0 Å². The number of aromatic nitrogens is 2. The summed E-state index contributed by atoms with van der Waals surface area (Å²) in [5, 5.41) is 11.6. The average Bonchev–Trinajstić information content (AvgIpc) is 2.62. The number of nitrogens with zero attached hydrogens (tertiary/aromatic N) is 2. The highest BCUT2D eigenvalue weighted by Crippen LogP contribution is 2.25. The van der Waals surface area contributed by atoms with E-state index >= 15 is 0 Å². The Bertz CT molecular complexity index is 341. The minimum Gasteiger partial charge on any atom is -0.424 e. The van der Waals surface area contributed by atoms with Crippen LogP contribution in [-0.2, 0) is 13.0 Å². The van der Waals surface area contributed by atoms with Gasteiger partial charge in [-0.05, 0) is 18.8 Å². The Kier molecular flexibility index (Phi) is 5.17. The molecule has 0 unspecified atom stereocenters. The summed E-state index contributed by atoms with van der Waals surface area (Å²) >= 11 is 0. The average molecular weight is 251 g/mol. The predicted octanol–water partition coefficient (Wildman–Crippen LogP) is 3.08. The predicted molar refractivity (Wildman–Crippen MR) is 71.2 cm³/mol. The van der Waals surface area contributed by atoms with Crippen molar-refractivity contribution in [2.75, 3.05) is 0 Å². The molecule has 0 saturated heterocycles. The molecule has 1 N–H and O–H groups in total. The Morgan fingerprint density at radius 3 is 2.44 bits per heavy atom. The third-order valence-corrected chi connectivity index (χ3v) is 3.61. The minimum atomic E-state index is 0.446. The first kappa shape index (κ1) is 13.5. The Balaban J connectivity index is 1.81. The van der Waals surface area contributed by atoms with Gasteiger partial charge in [0.05, 0.1) is 6.54 Å². The summed E-state index contributed by atoms with van der Waals surface area (Å²) in [6.45, 7) is 4.90. The molecule has 1 aromatic heterocycles. The van der Waals surface area contributed by atoms with Gasteiger partial charge in [-0.25, -0.2) is 0 Å². The van der Waals surface area contributed by atoms with Crippen LogP contribution in [0.5, 0.6) is 0 Å². The normalized spacial score (nSPS) is 18.2. The molecule has 0 atom stereocenters. The molecule has 0 amide bonds. The zero-order valence-electron chi connectivity index (χ0n) is 11.6. The number of nitrogens with one attached hydrogen (secondary N) is 1. The minimum absolute atomic E-state index is 0.446. The van der Waals surface area contributed by atoms with E-state index in [-0.39, 0.29) is 0 Å². The first-order valence-electron chi connectivity index (χ1n) is 7.28. The van der Waals surface area contributed by atoms with Crippen molar-refractivity contribution in [3.63, 3.8) is 0 Å². The molecule has 0 radical (unpaired) electrons. The van der Waals surface area contributed by atoms with Gasteiger partial charge >= 0.3 is 0 Å². The second-order valence-corrected chi connectivity index (χ2v) is 5.69. The van der Waals surface area contributed by atoms with Gasteiger partial charge in [-0.2, -0.15) is 0 Å². The number of hydrogen-bond acceptors (Lipinski definition) is 4. The zero-order valence-corrected chi connectivity index (χ0v) is 11.6. The van der Waals surface area contributed by atoms with Crippen molar-refractivity contribution in [3.8, 4) is 0 Å². The van der Waals surface area contributed by atoms with E-state index in [2.05, 4.69) is 29.4 Å². The van der Waals surface area contributed by atoms with Gasteiger partial charge in [0.1, 0.15) is 0 Å². The van der Waals surface area contributed by atoms with Crippen molar-refractivity contribution < 1.29 is 4.42 Å². The van der Waals surface area contributed by atoms with Gasteiger partial charge in [-0.1, -0.05) is 39.5 Å². The fourth-order valence-electron chi connectivity index (χ4n) is 2.55. The molecular formula is C14H25N3O. The molecule has 1 heterocycles.